The predicted molar refractivity (Wildman–Crippen MR) is 158 cm³/mol. The van der Waals surface area contributed by atoms with Crippen LogP contribution in [0.2, 0.25) is 0 Å². The second-order valence-corrected chi connectivity index (χ2v) is 12.4. The Bertz CT molecular complexity index is 1230. The minimum Gasteiger partial charge on any atom is -0.497 e. The third-order valence-electron chi connectivity index (χ3n) is 9.61. The second kappa shape index (κ2) is 11.8. The quantitative estimate of drug-likeness (QED) is 0.337. The molecule has 2 aromatic carbocycles. The molecule has 2 aromatic rings. The summed E-state index contributed by atoms with van der Waals surface area (Å²) in [6, 6.07) is 13.0. The SMILES string of the molecule is COc1ccc(CCNC(=O)c2ccc(NC(=NC3CC4CC(C3C)C4(C)C)N3CCNC(C)C3)cc2)c(F)c1. The first-order valence-corrected chi connectivity index (χ1v) is 14.7. The van der Waals surface area contributed by atoms with Gasteiger partial charge in [0, 0.05) is 49.5 Å². The number of guanidine groups is 1. The third kappa shape index (κ3) is 5.97. The molecule has 3 aliphatic carbocycles. The van der Waals surface area contributed by atoms with Crippen LogP contribution in [0, 0.1) is 29.0 Å². The first-order chi connectivity index (χ1) is 19.2. The summed E-state index contributed by atoms with van der Waals surface area (Å²) < 4.78 is 19.2. The number of nitrogens with zero attached hydrogens (tertiary/aromatic N) is 2. The lowest BCUT2D eigenvalue weighted by atomic mass is 9.45. The van der Waals surface area contributed by atoms with Crippen molar-refractivity contribution in [3.05, 3.63) is 59.4 Å². The van der Waals surface area contributed by atoms with Crippen molar-refractivity contribution in [1.29, 1.82) is 0 Å². The average molecular weight is 550 g/mol. The summed E-state index contributed by atoms with van der Waals surface area (Å²) >= 11 is 0. The van der Waals surface area contributed by atoms with Crippen LogP contribution in [0.25, 0.3) is 0 Å². The first kappa shape index (κ1) is 28.4. The van der Waals surface area contributed by atoms with Crippen LogP contribution in [0.3, 0.4) is 0 Å². The monoisotopic (exact) mass is 549 g/mol. The molecule has 0 aromatic heterocycles. The van der Waals surface area contributed by atoms with Crippen LogP contribution in [0.4, 0.5) is 10.1 Å². The van der Waals surface area contributed by atoms with Crippen molar-refractivity contribution in [2.24, 2.45) is 28.2 Å². The van der Waals surface area contributed by atoms with Gasteiger partial charge in [-0.3, -0.25) is 4.79 Å². The number of carbonyl (C=O) groups excluding carboxylic acids is 1. The minimum atomic E-state index is -0.330. The van der Waals surface area contributed by atoms with E-state index in [0.29, 0.717) is 53.3 Å². The lowest BCUT2D eigenvalue weighted by molar-refractivity contribution is -0.108. The molecule has 1 amide bonds. The van der Waals surface area contributed by atoms with E-state index >= 15 is 0 Å². The van der Waals surface area contributed by atoms with Crippen LogP contribution in [-0.4, -0.2) is 62.1 Å². The third-order valence-corrected chi connectivity index (χ3v) is 9.61. The van der Waals surface area contributed by atoms with Crippen molar-refractivity contribution < 1.29 is 13.9 Å². The van der Waals surface area contributed by atoms with Gasteiger partial charge in [-0.1, -0.05) is 26.8 Å². The van der Waals surface area contributed by atoms with E-state index in [1.54, 1.807) is 12.1 Å². The van der Waals surface area contributed by atoms with E-state index in [2.05, 4.69) is 48.5 Å². The van der Waals surface area contributed by atoms with Crippen LogP contribution in [0.1, 0.15) is 56.5 Å². The molecule has 8 heteroatoms. The number of piperazine rings is 1. The summed E-state index contributed by atoms with van der Waals surface area (Å²) in [6.45, 7) is 12.5. The highest BCUT2D eigenvalue weighted by molar-refractivity contribution is 5.96. The molecule has 7 nitrogen and oxygen atoms in total. The molecule has 2 bridgehead atoms. The lowest BCUT2D eigenvalue weighted by Gasteiger charge is -2.61. The van der Waals surface area contributed by atoms with Crippen molar-refractivity contribution in [3.8, 4) is 5.75 Å². The van der Waals surface area contributed by atoms with Gasteiger partial charge in [-0.05, 0) is 85.3 Å². The Labute approximate surface area is 238 Å². The molecule has 4 fully saturated rings. The Morgan fingerprint density at radius 3 is 2.60 bits per heavy atom. The number of carbonyl (C=O) groups is 1. The zero-order valence-corrected chi connectivity index (χ0v) is 24.5. The number of methoxy groups -OCH3 is 1. The highest BCUT2D eigenvalue weighted by atomic mass is 19.1. The summed E-state index contributed by atoms with van der Waals surface area (Å²) in [6.07, 6.45) is 2.89. The highest BCUT2D eigenvalue weighted by Gasteiger charge is 2.56. The van der Waals surface area contributed by atoms with Gasteiger partial charge >= 0.3 is 0 Å². The topological polar surface area (TPSA) is 78.0 Å². The number of ether oxygens (including phenoxy) is 1. The van der Waals surface area contributed by atoms with Crippen LogP contribution in [0.5, 0.6) is 5.75 Å². The zero-order chi connectivity index (χ0) is 28.4. The Kier molecular flexibility index (Phi) is 8.36. The van der Waals surface area contributed by atoms with E-state index in [9.17, 15) is 9.18 Å². The van der Waals surface area contributed by atoms with Crippen molar-refractivity contribution in [1.82, 2.24) is 15.5 Å². The van der Waals surface area contributed by atoms with Gasteiger partial charge in [0.05, 0.1) is 13.2 Å². The number of anilines is 1. The van der Waals surface area contributed by atoms with Crippen molar-refractivity contribution in [2.75, 3.05) is 38.6 Å². The van der Waals surface area contributed by atoms with Gasteiger partial charge in [0.1, 0.15) is 11.6 Å². The maximum atomic E-state index is 14.2. The normalized spacial score (nSPS) is 27.5. The number of aliphatic imine (C=N–C) groups is 1. The molecule has 1 aliphatic heterocycles. The van der Waals surface area contributed by atoms with Crippen LogP contribution < -0.4 is 20.7 Å². The lowest BCUT2D eigenvalue weighted by Crippen LogP contribution is -2.57. The fourth-order valence-electron chi connectivity index (χ4n) is 6.87. The maximum Gasteiger partial charge on any atom is 0.251 e. The molecule has 6 rings (SSSR count). The van der Waals surface area contributed by atoms with Gasteiger partial charge in [-0.2, -0.15) is 0 Å². The minimum absolute atomic E-state index is 0.178. The van der Waals surface area contributed by atoms with E-state index in [-0.39, 0.29) is 11.7 Å². The molecule has 1 heterocycles. The molecular formula is C32H44FN5O2. The van der Waals surface area contributed by atoms with Crippen molar-refractivity contribution in [3.63, 3.8) is 0 Å². The van der Waals surface area contributed by atoms with Crippen LogP contribution in [0.15, 0.2) is 47.5 Å². The smallest absolute Gasteiger partial charge is 0.251 e. The Morgan fingerprint density at radius 2 is 1.95 bits per heavy atom. The number of hydrogen-bond donors (Lipinski definition) is 3. The van der Waals surface area contributed by atoms with E-state index in [0.717, 1.165) is 49.5 Å². The summed E-state index contributed by atoms with van der Waals surface area (Å²) in [5, 5.41) is 10.0. The predicted octanol–water partition coefficient (Wildman–Crippen LogP) is 4.94. The molecule has 0 radical (unpaired) electrons. The van der Waals surface area contributed by atoms with E-state index < -0.39 is 0 Å². The van der Waals surface area contributed by atoms with Gasteiger partial charge in [-0.15, -0.1) is 0 Å². The Hall–Kier alpha value is -3.13. The molecule has 3 saturated carbocycles. The fraction of sp³-hybridized carbons (Fsp3) is 0.562. The molecule has 0 spiro atoms. The van der Waals surface area contributed by atoms with E-state index in [1.807, 2.05) is 24.3 Å². The fourth-order valence-corrected chi connectivity index (χ4v) is 6.87. The summed E-state index contributed by atoms with van der Waals surface area (Å²) in [4.78, 5) is 20.4. The molecule has 4 aliphatic rings. The molecule has 40 heavy (non-hydrogen) atoms. The van der Waals surface area contributed by atoms with Gasteiger partial charge in [0.15, 0.2) is 5.96 Å². The number of benzene rings is 2. The molecule has 5 atom stereocenters. The van der Waals surface area contributed by atoms with Crippen molar-refractivity contribution >= 4 is 17.6 Å². The van der Waals surface area contributed by atoms with Gasteiger partial charge in [0.2, 0.25) is 0 Å². The van der Waals surface area contributed by atoms with Crippen LogP contribution in [-0.2, 0) is 6.42 Å². The first-order valence-electron chi connectivity index (χ1n) is 14.7. The average Bonchev–Trinajstić information content (AvgIpc) is 2.94. The summed E-state index contributed by atoms with van der Waals surface area (Å²) in [5.41, 5.74) is 2.46. The van der Waals surface area contributed by atoms with Gasteiger partial charge in [0.25, 0.3) is 5.91 Å². The Balaban J connectivity index is 1.22. The van der Waals surface area contributed by atoms with Crippen LogP contribution >= 0.6 is 0 Å². The van der Waals surface area contributed by atoms with Crippen molar-refractivity contribution in [2.45, 2.75) is 59.0 Å². The van der Waals surface area contributed by atoms with Gasteiger partial charge in [-0.25, -0.2) is 9.38 Å². The molecule has 1 saturated heterocycles. The number of fused-ring (bicyclic) bond motifs is 2. The largest absolute Gasteiger partial charge is 0.497 e. The highest BCUT2D eigenvalue weighted by Crippen LogP contribution is 2.61. The Morgan fingerprint density at radius 1 is 1.18 bits per heavy atom. The summed E-state index contributed by atoms with van der Waals surface area (Å²) in [5.74, 6) is 2.96. The zero-order valence-electron chi connectivity index (χ0n) is 24.5. The van der Waals surface area contributed by atoms with Gasteiger partial charge < -0.3 is 25.6 Å². The van der Waals surface area contributed by atoms with E-state index in [1.165, 1.54) is 19.6 Å². The number of nitrogens with one attached hydrogen (secondary N) is 3. The number of rotatable bonds is 7. The maximum absolute atomic E-state index is 14.2. The molecular weight excluding hydrogens is 505 g/mol. The molecule has 216 valence electrons. The molecule has 3 N–H and O–H groups in total. The number of amides is 1. The standard InChI is InChI=1S/C32H44FN5O2/c1-20-19-38(15-14-34-20)31(37-29-17-24-16-27(21(29)2)32(24,3)4)36-25-9-6-23(7-10-25)30(39)35-13-12-22-8-11-26(40-5)18-28(22)33/h6-11,18,20-21,24,27,29,34H,12-17,19H2,1-5H3,(H,35,39)(H,36,37). The second-order valence-electron chi connectivity index (χ2n) is 12.4. The van der Waals surface area contributed by atoms with E-state index in [4.69, 9.17) is 9.73 Å². The number of halogens is 1. The molecule has 5 unspecified atom stereocenters. The number of hydrogen-bond acceptors (Lipinski definition) is 4. The summed E-state index contributed by atoms with van der Waals surface area (Å²) in [7, 11) is 1.51.